The average molecular weight is 171 g/mol. The molecule has 0 aliphatic carbocycles. The number of alkyl halides is 2. The van der Waals surface area contributed by atoms with Crippen LogP contribution in [0.2, 0.25) is 0 Å². The van der Waals surface area contributed by atoms with Crippen molar-refractivity contribution in [3.8, 4) is 0 Å². The second kappa shape index (κ2) is 3.00. The molecule has 0 fully saturated rings. The van der Waals surface area contributed by atoms with Crippen LogP contribution in [0.15, 0.2) is 0 Å². The third kappa shape index (κ3) is 88.8. The van der Waals surface area contributed by atoms with Crippen molar-refractivity contribution < 1.29 is 46.6 Å². The summed E-state index contributed by atoms with van der Waals surface area (Å²) < 4.78 is 21.2. The quantitative estimate of drug-likeness (QED) is 0.565. The van der Waals surface area contributed by atoms with E-state index in [1.165, 1.54) is 0 Å². The normalized spacial score (nSPS) is 10.0. The Morgan fingerprint density at radius 2 is 1.50 bits per heavy atom. The van der Waals surface area contributed by atoms with Gasteiger partial charge in [0.05, 0.1) is 0 Å². The molecule has 0 unspecified atom stereocenters. The van der Waals surface area contributed by atoms with Gasteiger partial charge in [0.25, 0.3) is 0 Å². The van der Waals surface area contributed by atoms with Crippen molar-refractivity contribution in [3.05, 3.63) is 0 Å². The molecule has 0 saturated heterocycles. The number of rotatable bonds is 0. The summed E-state index contributed by atoms with van der Waals surface area (Å²) in [5, 5.41) is 7.19. The van der Waals surface area contributed by atoms with E-state index in [0.717, 1.165) is 0 Å². The number of hydrogen-bond acceptors (Lipinski definition) is 1. The van der Waals surface area contributed by atoms with Gasteiger partial charge in [-0.3, -0.25) is 0 Å². The molecule has 35 valence electrons. The van der Waals surface area contributed by atoms with E-state index in [9.17, 15) is 8.78 Å². The maximum absolute atomic E-state index is 10.6. The maximum atomic E-state index is 10.6. The van der Waals surface area contributed by atoms with Crippen LogP contribution in [0.25, 0.3) is 0 Å². The topological polar surface area (TPSA) is 20.2 Å². The summed E-state index contributed by atoms with van der Waals surface area (Å²) in [6.45, 7) is 0.410. The monoisotopic (exact) mass is 171 g/mol. The minimum atomic E-state index is -3.50. The summed E-state index contributed by atoms with van der Waals surface area (Å²) in [5.74, 6) is 0. The molecule has 4 heteroatoms. The van der Waals surface area contributed by atoms with Gasteiger partial charge in [0.2, 0.25) is 0 Å². The first kappa shape index (κ1) is 10.0. The van der Waals surface area contributed by atoms with Crippen LogP contribution >= 0.6 is 0 Å². The Bertz CT molecular complexity index is 27.0. The van der Waals surface area contributed by atoms with Gasteiger partial charge in [-0.25, -0.2) is 0 Å². The second-order valence-electron chi connectivity index (χ2n) is 0.842. The molecule has 0 spiro atoms. The second-order valence-corrected chi connectivity index (χ2v) is 0.842. The van der Waals surface area contributed by atoms with E-state index in [0.29, 0.717) is 6.92 Å². The molecular formula is C2H4F2OY. The summed E-state index contributed by atoms with van der Waals surface area (Å²) in [6, 6.07) is 0. The van der Waals surface area contributed by atoms with E-state index >= 15 is 0 Å². The Balaban J connectivity index is 0. The minimum Gasteiger partial charge on any atom is -0.337 e. The van der Waals surface area contributed by atoms with Gasteiger partial charge in [-0.1, -0.05) is 0 Å². The molecule has 0 rings (SSSR count). The van der Waals surface area contributed by atoms with Crippen molar-refractivity contribution in [2.24, 2.45) is 0 Å². The SMILES string of the molecule is CC(O)(F)F.[Y]. The standard InChI is InChI=1S/C2H4F2O.Y/c1-2(3,4)5;/h5H,1H3;. The zero-order valence-corrected chi connectivity index (χ0v) is 6.12. The largest absolute Gasteiger partial charge is 0.350 e. The molecule has 0 bridgehead atoms. The van der Waals surface area contributed by atoms with E-state index in [4.69, 9.17) is 5.11 Å². The molecule has 0 aromatic rings. The van der Waals surface area contributed by atoms with Crippen molar-refractivity contribution in [3.63, 3.8) is 0 Å². The van der Waals surface area contributed by atoms with Crippen LogP contribution < -0.4 is 0 Å². The molecule has 0 aliphatic rings. The molecule has 1 radical (unpaired) electrons. The summed E-state index contributed by atoms with van der Waals surface area (Å²) in [6.07, 6.45) is -3.50. The Hall–Kier alpha value is 0.924. The van der Waals surface area contributed by atoms with Crippen LogP contribution in [0.4, 0.5) is 8.78 Å². The predicted molar refractivity (Wildman–Crippen MR) is 12.8 cm³/mol. The Kier molecular flexibility index (Phi) is 5.00. The molecule has 0 aliphatic heterocycles. The fourth-order valence-corrected chi connectivity index (χ4v) is 0. The first-order valence-corrected chi connectivity index (χ1v) is 1.10. The zero-order chi connectivity index (χ0) is 4.50. The molecule has 0 heterocycles. The van der Waals surface area contributed by atoms with Gasteiger partial charge < -0.3 is 5.11 Å². The van der Waals surface area contributed by atoms with Gasteiger partial charge in [0.1, 0.15) is 0 Å². The Morgan fingerprint density at radius 1 is 1.50 bits per heavy atom. The van der Waals surface area contributed by atoms with Crippen molar-refractivity contribution in [2.75, 3.05) is 0 Å². The summed E-state index contributed by atoms with van der Waals surface area (Å²) >= 11 is 0. The number of hydrogen-bond donors (Lipinski definition) is 1. The van der Waals surface area contributed by atoms with E-state index in [2.05, 4.69) is 0 Å². The average Bonchev–Trinajstić information content (AvgIpc) is 0.722. The Morgan fingerprint density at radius 3 is 1.50 bits per heavy atom. The molecule has 0 aromatic heterocycles. The van der Waals surface area contributed by atoms with Crippen LogP contribution in [0.3, 0.4) is 0 Å². The summed E-state index contributed by atoms with van der Waals surface area (Å²) in [5.41, 5.74) is 0. The summed E-state index contributed by atoms with van der Waals surface area (Å²) in [7, 11) is 0. The van der Waals surface area contributed by atoms with Gasteiger partial charge in [0, 0.05) is 39.6 Å². The van der Waals surface area contributed by atoms with Crippen LogP contribution in [0, 0.1) is 0 Å². The fraction of sp³-hybridized carbons (Fsp3) is 1.00. The Labute approximate surface area is 59.6 Å². The van der Waals surface area contributed by atoms with E-state index < -0.39 is 6.11 Å². The molecular weight excluding hydrogens is 167 g/mol. The van der Waals surface area contributed by atoms with E-state index in [-0.39, 0.29) is 32.7 Å². The number of halogens is 2. The van der Waals surface area contributed by atoms with E-state index in [1.54, 1.807) is 0 Å². The molecule has 0 atom stereocenters. The van der Waals surface area contributed by atoms with Crippen LogP contribution in [0.5, 0.6) is 0 Å². The van der Waals surface area contributed by atoms with Crippen LogP contribution in [-0.4, -0.2) is 11.2 Å². The summed E-state index contributed by atoms with van der Waals surface area (Å²) in [4.78, 5) is 0. The maximum Gasteiger partial charge on any atom is 0.350 e. The molecule has 1 N–H and O–H groups in total. The first-order valence-electron chi connectivity index (χ1n) is 1.10. The smallest absolute Gasteiger partial charge is 0.337 e. The fourth-order valence-electron chi connectivity index (χ4n) is 0. The van der Waals surface area contributed by atoms with Crippen molar-refractivity contribution in [2.45, 2.75) is 13.0 Å². The van der Waals surface area contributed by atoms with Crippen LogP contribution in [-0.2, 0) is 32.7 Å². The van der Waals surface area contributed by atoms with E-state index in [1.807, 2.05) is 0 Å². The molecule has 0 amide bonds. The predicted octanol–water partition coefficient (Wildman–Crippen LogP) is 0.589. The van der Waals surface area contributed by atoms with Gasteiger partial charge in [0.15, 0.2) is 0 Å². The van der Waals surface area contributed by atoms with Gasteiger partial charge >= 0.3 is 6.11 Å². The van der Waals surface area contributed by atoms with Crippen LogP contribution in [0.1, 0.15) is 6.92 Å². The minimum absolute atomic E-state index is 0. The van der Waals surface area contributed by atoms with Gasteiger partial charge in [-0.05, 0) is 0 Å². The third-order valence-corrected chi connectivity index (χ3v) is 0. The first-order chi connectivity index (χ1) is 2.00. The van der Waals surface area contributed by atoms with Crippen molar-refractivity contribution >= 4 is 0 Å². The molecule has 1 nitrogen and oxygen atoms in total. The zero-order valence-electron chi connectivity index (χ0n) is 3.28. The third-order valence-electron chi connectivity index (χ3n) is 0. The molecule has 0 aromatic carbocycles. The molecule has 0 saturated carbocycles. The van der Waals surface area contributed by atoms with Gasteiger partial charge in [-0.15, -0.1) is 0 Å². The number of aliphatic hydroxyl groups is 1. The molecule has 6 heavy (non-hydrogen) atoms. The van der Waals surface area contributed by atoms with Gasteiger partial charge in [-0.2, -0.15) is 8.78 Å². The van der Waals surface area contributed by atoms with Crippen molar-refractivity contribution in [1.82, 2.24) is 0 Å². The van der Waals surface area contributed by atoms with Crippen molar-refractivity contribution in [1.29, 1.82) is 0 Å².